The first-order valence-corrected chi connectivity index (χ1v) is 17.6. The van der Waals surface area contributed by atoms with Crippen molar-refractivity contribution in [2.75, 3.05) is 19.6 Å². The van der Waals surface area contributed by atoms with Crippen LogP contribution in [-0.4, -0.2) is 55.2 Å². The number of ketones is 1. The van der Waals surface area contributed by atoms with E-state index in [1.165, 1.54) is 28.6 Å². The minimum atomic E-state index is -0.946. The van der Waals surface area contributed by atoms with Crippen molar-refractivity contribution in [2.45, 2.75) is 59.9 Å². The third-order valence-electron chi connectivity index (χ3n) is 8.76. The molecule has 0 unspecified atom stereocenters. The number of ether oxygens (including phenoxy) is 2. The molecule has 2 aliphatic heterocycles. The van der Waals surface area contributed by atoms with Crippen LogP contribution in [-0.2, 0) is 25.8 Å². The number of imidazole rings is 2. The molecule has 8 rings (SSSR count). The normalized spacial score (nSPS) is 12.3. The van der Waals surface area contributed by atoms with Crippen LogP contribution >= 0.6 is 11.6 Å². The van der Waals surface area contributed by atoms with Crippen LogP contribution < -0.4 is 15.2 Å². The minimum Gasteiger partial charge on any atom is -0.493 e. The monoisotopic (exact) mass is 709 g/mol. The first-order chi connectivity index (χ1) is 24.6. The van der Waals surface area contributed by atoms with E-state index in [-0.39, 0.29) is 11.5 Å². The van der Waals surface area contributed by atoms with Gasteiger partial charge in [-0.1, -0.05) is 24.3 Å². The summed E-state index contributed by atoms with van der Waals surface area (Å²) in [5.74, 6) is 1.21. The summed E-state index contributed by atoms with van der Waals surface area (Å²) in [7, 11) is 0. The van der Waals surface area contributed by atoms with Crippen molar-refractivity contribution >= 4 is 34.6 Å². The summed E-state index contributed by atoms with van der Waals surface area (Å²) >= 11 is 4.64. The number of aromatic carboxylic acids is 1. The summed E-state index contributed by atoms with van der Waals surface area (Å²) in [4.78, 5) is 32.4. The smallest absolute Gasteiger partial charge is 0.354 e. The number of pyridine rings is 2. The molecule has 4 aromatic heterocycles. The molecule has 11 heteroatoms. The number of fused-ring (bicyclic) bond motifs is 4. The maximum Gasteiger partial charge on any atom is 0.354 e. The molecule has 3 N–H and O–H groups in total. The van der Waals surface area contributed by atoms with E-state index in [0.717, 1.165) is 66.4 Å². The molecule has 2 aliphatic rings. The molecule has 6 aromatic rings. The van der Waals surface area contributed by atoms with Gasteiger partial charge < -0.3 is 20.3 Å². The standard InChI is InChI=1S/C20H20N2O2.C10H10N2O2.C9H11NO.CH3Cl/c1-13-7-9-22-19(11-13)21-14(2)20(22)17(23)5-3-15-4-6-18-16(12-15)8-10-24-18;1-6-3-4-12-8(5-6)11-7(2)9(12)10(13)14;10-6-7-1-2-9-8(5-7)3-4-11-9;1-2/h4,6-7,9,11-12H,3,5,8,10H2,1-2H3;3-5H,1-2H3,(H,13,14);1-2,5H,3-4,6,10H2;1H3. The van der Waals surface area contributed by atoms with Crippen molar-refractivity contribution in [2.24, 2.45) is 5.73 Å². The van der Waals surface area contributed by atoms with Gasteiger partial charge in [0.1, 0.15) is 28.5 Å². The molecule has 0 bridgehead atoms. The Morgan fingerprint density at radius 3 is 1.76 bits per heavy atom. The number of hydrogen-bond donors (Lipinski definition) is 2. The van der Waals surface area contributed by atoms with Crippen molar-refractivity contribution in [3.63, 3.8) is 0 Å². The summed E-state index contributed by atoms with van der Waals surface area (Å²) in [5, 5.41) is 8.96. The Morgan fingerprint density at radius 1 is 0.745 bits per heavy atom. The number of hydrogen-bond acceptors (Lipinski definition) is 7. The summed E-state index contributed by atoms with van der Waals surface area (Å²) in [6.45, 7) is 9.79. The van der Waals surface area contributed by atoms with E-state index >= 15 is 0 Å². The molecule has 266 valence electrons. The molecule has 0 aliphatic carbocycles. The quantitative estimate of drug-likeness (QED) is 0.136. The van der Waals surface area contributed by atoms with E-state index in [2.05, 4.69) is 39.8 Å². The van der Waals surface area contributed by atoms with Crippen LogP contribution in [0.5, 0.6) is 11.5 Å². The van der Waals surface area contributed by atoms with Crippen LogP contribution in [0.1, 0.15) is 72.2 Å². The van der Waals surface area contributed by atoms with Crippen LogP contribution in [0.2, 0.25) is 0 Å². The van der Waals surface area contributed by atoms with Crippen molar-refractivity contribution in [3.8, 4) is 11.5 Å². The van der Waals surface area contributed by atoms with Gasteiger partial charge in [-0.3, -0.25) is 13.6 Å². The Labute approximate surface area is 302 Å². The Hall–Kier alpha value is -5.19. The number of carbonyl (C=O) groups is 2. The fourth-order valence-corrected chi connectivity index (χ4v) is 6.26. The third kappa shape index (κ3) is 8.58. The maximum absolute atomic E-state index is 12.7. The van der Waals surface area contributed by atoms with Crippen LogP contribution in [0, 0.1) is 27.7 Å². The largest absolute Gasteiger partial charge is 0.493 e. The molecule has 51 heavy (non-hydrogen) atoms. The molecule has 0 fully saturated rings. The molecule has 0 saturated carbocycles. The number of benzene rings is 2. The minimum absolute atomic E-state index is 0.139. The maximum atomic E-state index is 12.7. The first kappa shape index (κ1) is 37.1. The van der Waals surface area contributed by atoms with Gasteiger partial charge in [-0.25, -0.2) is 14.8 Å². The lowest BCUT2D eigenvalue weighted by Gasteiger charge is -2.05. The van der Waals surface area contributed by atoms with E-state index in [0.29, 0.717) is 30.0 Å². The number of Topliss-reactive ketones (excluding diaryl/α,β-unsaturated/α-hetero) is 1. The fourth-order valence-electron chi connectivity index (χ4n) is 6.26. The third-order valence-corrected chi connectivity index (χ3v) is 8.76. The summed E-state index contributed by atoms with van der Waals surface area (Å²) in [5.41, 5.74) is 16.4. The van der Waals surface area contributed by atoms with Gasteiger partial charge in [-0.05, 0) is 104 Å². The SMILES string of the molecule is CCl.Cc1ccn2c(C(=O)CCc3ccc4c(c3)CCO4)c(C)nc2c1.Cc1ccn2c(C(=O)O)c(C)nc2c1.NCc1ccc2c(c1)CCO2. The second-order valence-corrected chi connectivity index (χ2v) is 12.5. The Balaban J connectivity index is 0.000000158. The van der Waals surface area contributed by atoms with Gasteiger partial charge in [0.05, 0.1) is 24.6 Å². The molecule has 10 nitrogen and oxygen atoms in total. The number of aromatic nitrogens is 4. The van der Waals surface area contributed by atoms with Crippen molar-refractivity contribution in [1.29, 1.82) is 0 Å². The van der Waals surface area contributed by atoms with E-state index < -0.39 is 5.97 Å². The fraction of sp³-hybridized carbons (Fsp3) is 0.300. The number of alkyl halides is 1. The second kappa shape index (κ2) is 16.7. The second-order valence-electron chi connectivity index (χ2n) is 12.5. The highest BCUT2D eigenvalue weighted by molar-refractivity contribution is 6.15. The average molecular weight is 710 g/mol. The van der Waals surface area contributed by atoms with Crippen LogP contribution in [0.15, 0.2) is 73.1 Å². The van der Waals surface area contributed by atoms with E-state index in [9.17, 15) is 9.59 Å². The van der Waals surface area contributed by atoms with Crippen LogP contribution in [0.3, 0.4) is 0 Å². The van der Waals surface area contributed by atoms with Crippen molar-refractivity contribution < 1.29 is 24.2 Å². The Morgan fingerprint density at radius 2 is 1.24 bits per heavy atom. The molecule has 6 heterocycles. The number of rotatable bonds is 6. The molecule has 2 aromatic carbocycles. The average Bonchev–Trinajstić information content (AvgIpc) is 3.92. The number of carboxylic acid groups (broad SMARTS) is 1. The molecular formula is C40H44ClN5O5. The Bertz CT molecular complexity index is 2190. The first-order valence-electron chi connectivity index (χ1n) is 16.9. The van der Waals surface area contributed by atoms with Gasteiger partial charge in [0.15, 0.2) is 11.5 Å². The van der Waals surface area contributed by atoms with Gasteiger partial charge >= 0.3 is 5.97 Å². The molecule has 0 radical (unpaired) electrons. The topological polar surface area (TPSA) is 133 Å². The van der Waals surface area contributed by atoms with E-state index in [4.69, 9.17) is 20.3 Å². The predicted octanol–water partition coefficient (Wildman–Crippen LogP) is 7.29. The highest BCUT2D eigenvalue weighted by atomic mass is 35.5. The summed E-state index contributed by atoms with van der Waals surface area (Å²) in [6, 6.07) is 20.1. The van der Waals surface area contributed by atoms with Gasteiger partial charge in [-0.2, -0.15) is 0 Å². The number of carbonyl (C=O) groups excluding carboxylic acids is 1. The zero-order chi connectivity index (χ0) is 36.7. The lowest BCUT2D eigenvalue weighted by molar-refractivity contribution is 0.0688. The van der Waals surface area contributed by atoms with Crippen molar-refractivity contribution in [1.82, 2.24) is 18.8 Å². The van der Waals surface area contributed by atoms with Gasteiger partial charge in [0, 0.05) is 44.6 Å². The lowest BCUT2D eigenvalue weighted by atomic mass is 10.0. The molecular weight excluding hydrogens is 666 g/mol. The van der Waals surface area contributed by atoms with E-state index in [1.807, 2.05) is 73.8 Å². The highest BCUT2D eigenvalue weighted by Crippen LogP contribution is 2.27. The van der Waals surface area contributed by atoms with Gasteiger partial charge in [0.25, 0.3) is 0 Å². The summed E-state index contributed by atoms with van der Waals surface area (Å²) < 4.78 is 14.4. The highest BCUT2D eigenvalue weighted by Gasteiger charge is 2.18. The lowest BCUT2D eigenvalue weighted by Crippen LogP contribution is -2.07. The van der Waals surface area contributed by atoms with Gasteiger partial charge in [-0.15, -0.1) is 11.6 Å². The zero-order valence-electron chi connectivity index (χ0n) is 29.7. The van der Waals surface area contributed by atoms with Crippen LogP contribution in [0.25, 0.3) is 11.3 Å². The number of carboxylic acids is 1. The zero-order valence-corrected chi connectivity index (χ0v) is 30.5. The molecule has 0 atom stereocenters. The van der Waals surface area contributed by atoms with Gasteiger partial charge in [0.2, 0.25) is 0 Å². The number of nitrogens with two attached hydrogens (primary N) is 1. The summed E-state index contributed by atoms with van der Waals surface area (Å²) in [6.07, 6.45) is 8.36. The number of halogens is 1. The molecule has 0 spiro atoms. The number of aryl methyl sites for hydroxylation is 5. The molecule has 0 amide bonds. The van der Waals surface area contributed by atoms with Crippen LogP contribution in [0.4, 0.5) is 0 Å². The van der Waals surface area contributed by atoms with E-state index in [1.54, 1.807) is 17.5 Å². The Kier molecular flexibility index (Phi) is 12.1. The molecule has 0 saturated heterocycles. The number of nitrogens with zero attached hydrogens (tertiary/aromatic N) is 4. The predicted molar refractivity (Wildman–Crippen MR) is 200 cm³/mol. The van der Waals surface area contributed by atoms with Crippen molar-refractivity contribution in [3.05, 3.63) is 129 Å².